The SMILES string of the molecule is CC(C)(SC1CCOC2(CCSC2)C1)C(=O)O. The van der Waals surface area contributed by atoms with E-state index in [4.69, 9.17) is 4.74 Å². The predicted molar refractivity (Wildman–Crippen MR) is 73.0 cm³/mol. The van der Waals surface area contributed by atoms with Crippen LogP contribution in [0.3, 0.4) is 0 Å². The highest BCUT2D eigenvalue weighted by Gasteiger charge is 2.43. The van der Waals surface area contributed by atoms with Crippen molar-refractivity contribution in [2.75, 3.05) is 18.1 Å². The number of hydrogen-bond donors (Lipinski definition) is 1. The van der Waals surface area contributed by atoms with Crippen molar-refractivity contribution in [3.63, 3.8) is 0 Å². The van der Waals surface area contributed by atoms with Crippen LogP contribution >= 0.6 is 23.5 Å². The molecule has 1 spiro atoms. The smallest absolute Gasteiger partial charge is 0.319 e. The summed E-state index contributed by atoms with van der Waals surface area (Å²) in [7, 11) is 0. The minimum absolute atomic E-state index is 0.0508. The molecule has 2 unspecified atom stereocenters. The Bertz CT molecular complexity index is 298. The van der Waals surface area contributed by atoms with Crippen LogP contribution in [0.15, 0.2) is 0 Å². The molecule has 5 heteroatoms. The zero-order valence-corrected chi connectivity index (χ0v) is 12.0. The Morgan fingerprint density at radius 1 is 1.59 bits per heavy atom. The molecule has 0 amide bonds. The Morgan fingerprint density at radius 2 is 2.35 bits per heavy atom. The summed E-state index contributed by atoms with van der Waals surface area (Å²) >= 11 is 3.56. The third-order valence-electron chi connectivity index (χ3n) is 3.49. The molecule has 2 rings (SSSR count). The zero-order chi connectivity index (χ0) is 12.5. The van der Waals surface area contributed by atoms with E-state index in [2.05, 4.69) is 0 Å². The average molecular weight is 276 g/mol. The number of carbonyl (C=O) groups is 1. The molecule has 1 N–H and O–H groups in total. The molecule has 98 valence electrons. The summed E-state index contributed by atoms with van der Waals surface area (Å²) in [5.41, 5.74) is 0.0508. The molecule has 0 aromatic rings. The first-order valence-corrected chi connectivity index (χ1v) is 8.10. The molecule has 0 radical (unpaired) electrons. The van der Waals surface area contributed by atoms with Gasteiger partial charge < -0.3 is 9.84 Å². The molecular formula is C12H20O3S2. The molecule has 0 bridgehead atoms. The molecule has 2 saturated heterocycles. The fourth-order valence-electron chi connectivity index (χ4n) is 2.41. The van der Waals surface area contributed by atoms with E-state index in [1.54, 1.807) is 25.6 Å². The normalized spacial score (nSPS) is 34.1. The van der Waals surface area contributed by atoms with Crippen molar-refractivity contribution in [1.29, 1.82) is 0 Å². The van der Waals surface area contributed by atoms with Crippen LogP contribution in [0.2, 0.25) is 0 Å². The van der Waals surface area contributed by atoms with Crippen molar-refractivity contribution >= 4 is 29.5 Å². The van der Waals surface area contributed by atoms with Crippen molar-refractivity contribution in [1.82, 2.24) is 0 Å². The molecular weight excluding hydrogens is 256 g/mol. The van der Waals surface area contributed by atoms with E-state index < -0.39 is 10.7 Å². The molecule has 0 aromatic carbocycles. The van der Waals surface area contributed by atoms with E-state index in [-0.39, 0.29) is 5.60 Å². The van der Waals surface area contributed by atoms with Crippen LogP contribution in [0.4, 0.5) is 0 Å². The molecule has 2 fully saturated rings. The van der Waals surface area contributed by atoms with Gasteiger partial charge in [0.05, 0.1) is 5.60 Å². The lowest BCUT2D eigenvalue weighted by Gasteiger charge is -2.39. The quantitative estimate of drug-likeness (QED) is 0.858. The first kappa shape index (κ1) is 13.6. The first-order valence-electron chi connectivity index (χ1n) is 6.06. The zero-order valence-electron chi connectivity index (χ0n) is 10.4. The van der Waals surface area contributed by atoms with Crippen LogP contribution in [0.1, 0.15) is 33.1 Å². The lowest BCUT2D eigenvalue weighted by molar-refractivity contribution is -0.138. The average Bonchev–Trinajstić information content (AvgIpc) is 2.65. The van der Waals surface area contributed by atoms with E-state index >= 15 is 0 Å². The fourth-order valence-corrected chi connectivity index (χ4v) is 5.33. The van der Waals surface area contributed by atoms with Crippen molar-refractivity contribution in [2.24, 2.45) is 0 Å². The summed E-state index contributed by atoms with van der Waals surface area (Å²) in [4.78, 5) is 11.2. The van der Waals surface area contributed by atoms with Gasteiger partial charge in [0, 0.05) is 17.6 Å². The third kappa shape index (κ3) is 3.12. The Hall–Kier alpha value is 0.130. The van der Waals surface area contributed by atoms with Crippen LogP contribution in [-0.4, -0.2) is 44.8 Å². The van der Waals surface area contributed by atoms with Gasteiger partial charge in [0.15, 0.2) is 0 Å². The summed E-state index contributed by atoms with van der Waals surface area (Å²) in [6.45, 7) is 4.38. The second kappa shape index (κ2) is 5.02. The number of aliphatic carboxylic acids is 1. The van der Waals surface area contributed by atoms with Crippen LogP contribution in [0, 0.1) is 0 Å². The van der Waals surface area contributed by atoms with Crippen molar-refractivity contribution in [3.05, 3.63) is 0 Å². The van der Waals surface area contributed by atoms with Gasteiger partial charge in [-0.1, -0.05) is 0 Å². The van der Waals surface area contributed by atoms with E-state index in [1.165, 1.54) is 5.75 Å². The maximum Gasteiger partial charge on any atom is 0.319 e. The lowest BCUT2D eigenvalue weighted by Crippen LogP contribution is -2.43. The largest absolute Gasteiger partial charge is 0.480 e. The Labute approximate surface area is 111 Å². The minimum Gasteiger partial charge on any atom is -0.480 e. The van der Waals surface area contributed by atoms with Gasteiger partial charge in [-0.05, 0) is 38.9 Å². The lowest BCUT2D eigenvalue weighted by atomic mass is 9.93. The second-order valence-electron chi connectivity index (χ2n) is 5.38. The summed E-state index contributed by atoms with van der Waals surface area (Å²) in [5.74, 6) is 1.54. The molecule has 2 aliphatic heterocycles. The Balaban J connectivity index is 1.96. The van der Waals surface area contributed by atoms with Gasteiger partial charge in [0.1, 0.15) is 4.75 Å². The number of carboxylic acids is 1. The highest BCUT2D eigenvalue weighted by molar-refractivity contribution is 8.02. The van der Waals surface area contributed by atoms with Gasteiger partial charge in [-0.15, -0.1) is 11.8 Å². The van der Waals surface area contributed by atoms with Crippen LogP contribution in [0.5, 0.6) is 0 Å². The highest BCUT2D eigenvalue weighted by atomic mass is 32.2. The molecule has 2 heterocycles. The van der Waals surface area contributed by atoms with Gasteiger partial charge in [-0.2, -0.15) is 11.8 Å². The van der Waals surface area contributed by atoms with Crippen LogP contribution in [0.25, 0.3) is 0 Å². The maximum absolute atomic E-state index is 11.2. The summed E-state index contributed by atoms with van der Waals surface area (Å²) in [6.07, 6.45) is 3.12. The fraction of sp³-hybridized carbons (Fsp3) is 0.917. The molecule has 2 aliphatic rings. The van der Waals surface area contributed by atoms with Crippen molar-refractivity contribution in [3.8, 4) is 0 Å². The molecule has 0 aromatic heterocycles. The number of thioether (sulfide) groups is 2. The third-order valence-corrected chi connectivity index (χ3v) is 6.21. The molecule has 0 aliphatic carbocycles. The summed E-state index contributed by atoms with van der Waals surface area (Å²) < 4.78 is 5.26. The Kier molecular flexibility index (Phi) is 4.00. The molecule has 17 heavy (non-hydrogen) atoms. The summed E-state index contributed by atoms with van der Waals surface area (Å²) in [6, 6.07) is 0. The second-order valence-corrected chi connectivity index (χ2v) is 8.41. The number of carboxylic acid groups (broad SMARTS) is 1. The Morgan fingerprint density at radius 3 is 2.94 bits per heavy atom. The topological polar surface area (TPSA) is 46.5 Å². The first-order chi connectivity index (χ1) is 7.94. The van der Waals surface area contributed by atoms with Crippen molar-refractivity contribution < 1.29 is 14.6 Å². The maximum atomic E-state index is 11.2. The van der Waals surface area contributed by atoms with Gasteiger partial charge in [-0.25, -0.2) is 0 Å². The molecule has 0 saturated carbocycles. The molecule has 2 atom stereocenters. The number of rotatable bonds is 3. The van der Waals surface area contributed by atoms with E-state index in [0.29, 0.717) is 5.25 Å². The molecule has 3 nitrogen and oxygen atoms in total. The predicted octanol–water partition coefficient (Wildman–Crippen LogP) is 2.64. The minimum atomic E-state index is -0.719. The summed E-state index contributed by atoms with van der Waals surface area (Å²) in [5, 5.41) is 9.60. The number of hydrogen-bond acceptors (Lipinski definition) is 4. The van der Waals surface area contributed by atoms with Gasteiger partial charge >= 0.3 is 5.97 Å². The van der Waals surface area contributed by atoms with Gasteiger partial charge in [0.2, 0.25) is 0 Å². The van der Waals surface area contributed by atoms with Gasteiger partial charge in [0.25, 0.3) is 0 Å². The van der Waals surface area contributed by atoms with Gasteiger partial charge in [-0.3, -0.25) is 4.79 Å². The van der Waals surface area contributed by atoms with Crippen LogP contribution in [-0.2, 0) is 9.53 Å². The van der Waals surface area contributed by atoms with E-state index in [1.807, 2.05) is 11.8 Å². The number of ether oxygens (including phenoxy) is 1. The monoisotopic (exact) mass is 276 g/mol. The van der Waals surface area contributed by atoms with E-state index in [0.717, 1.165) is 31.6 Å². The van der Waals surface area contributed by atoms with Crippen LogP contribution < -0.4 is 0 Å². The van der Waals surface area contributed by atoms with E-state index in [9.17, 15) is 9.90 Å². The van der Waals surface area contributed by atoms with Crippen molar-refractivity contribution in [2.45, 2.75) is 48.7 Å². The highest BCUT2D eigenvalue weighted by Crippen LogP contribution is 2.44. The standard InChI is InChI=1S/C12H20O3S2/c1-11(2,10(13)14)17-9-3-5-15-12(7-9)4-6-16-8-12/h9H,3-8H2,1-2H3,(H,13,14).